The molecule has 1 fully saturated rings. The number of hydrogen-bond acceptors (Lipinski definition) is 4. The normalized spacial score (nSPS) is 19.1. The van der Waals surface area contributed by atoms with Gasteiger partial charge in [-0.15, -0.1) is 0 Å². The standard InChI is InChI=1S/C12H11F2N3O2/c13-8-1-3-16(7-8)9-2-4-17-11(5-9)10(6-15-17)12(18)19-14/h2,4-6,8H,1,3,7H2. The van der Waals surface area contributed by atoms with Crippen molar-refractivity contribution < 1.29 is 18.7 Å². The molecule has 1 unspecified atom stereocenters. The lowest BCUT2D eigenvalue weighted by Gasteiger charge is -2.17. The van der Waals surface area contributed by atoms with Crippen LogP contribution in [0.25, 0.3) is 5.52 Å². The van der Waals surface area contributed by atoms with Gasteiger partial charge in [0.2, 0.25) is 0 Å². The third-order valence-electron chi connectivity index (χ3n) is 3.29. The van der Waals surface area contributed by atoms with Gasteiger partial charge in [0.1, 0.15) is 11.7 Å². The molecule has 0 aliphatic carbocycles. The zero-order valence-electron chi connectivity index (χ0n) is 9.92. The van der Waals surface area contributed by atoms with Gasteiger partial charge in [-0.25, -0.2) is 18.6 Å². The van der Waals surface area contributed by atoms with Crippen molar-refractivity contribution in [1.82, 2.24) is 9.61 Å². The van der Waals surface area contributed by atoms with Crippen LogP contribution in [0.2, 0.25) is 0 Å². The Morgan fingerprint density at radius 2 is 2.37 bits per heavy atom. The Labute approximate surface area is 107 Å². The first kappa shape index (κ1) is 11.9. The molecule has 7 heteroatoms. The number of halogens is 2. The number of pyridine rings is 1. The van der Waals surface area contributed by atoms with Crippen molar-refractivity contribution in [3.05, 3.63) is 30.1 Å². The van der Waals surface area contributed by atoms with Gasteiger partial charge in [-0.05, 0) is 18.6 Å². The van der Waals surface area contributed by atoms with Crippen LogP contribution in [0.15, 0.2) is 24.5 Å². The number of fused-ring (bicyclic) bond motifs is 1. The summed E-state index contributed by atoms with van der Waals surface area (Å²) in [6, 6.07) is 3.46. The third kappa shape index (κ3) is 2.00. The molecule has 0 bridgehead atoms. The fraction of sp³-hybridized carbons (Fsp3) is 0.333. The number of hydrogen-bond donors (Lipinski definition) is 0. The van der Waals surface area contributed by atoms with Crippen LogP contribution >= 0.6 is 0 Å². The predicted octanol–water partition coefficient (Wildman–Crippen LogP) is 1.92. The van der Waals surface area contributed by atoms with Gasteiger partial charge >= 0.3 is 5.97 Å². The Kier molecular flexibility index (Phi) is 2.81. The van der Waals surface area contributed by atoms with E-state index in [0.717, 1.165) is 5.69 Å². The summed E-state index contributed by atoms with van der Waals surface area (Å²) in [5, 5.41) is 3.93. The van der Waals surface area contributed by atoms with Crippen molar-refractivity contribution in [3.8, 4) is 0 Å². The van der Waals surface area contributed by atoms with E-state index in [2.05, 4.69) is 10.0 Å². The largest absolute Gasteiger partial charge is 0.383 e. The molecule has 0 N–H and O–H groups in total. The van der Waals surface area contributed by atoms with Crippen molar-refractivity contribution in [2.24, 2.45) is 0 Å². The second-order valence-electron chi connectivity index (χ2n) is 4.47. The molecular weight excluding hydrogens is 256 g/mol. The maximum Gasteiger partial charge on any atom is 0.383 e. The SMILES string of the molecule is O=C(OF)c1cnn2ccc(N3CCC(F)C3)cc12. The lowest BCUT2D eigenvalue weighted by molar-refractivity contribution is -0.0786. The second kappa shape index (κ2) is 4.49. The number of carbonyl (C=O) groups is 1. The van der Waals surface area contributed by atoms with Gasteiger partial charge in [-0.2, -0.15) is 5.10 Å². The molecule has 2 aromatic heterocycles. The molecule has 0 aromatic carbocycles. The van der Waals surface area contributed by atoms with Crippen LogP contribution in [0.1, 0.15) is 16.8 Å². The van der Waals surface area contributed by atoms with Crippen LogP contribution < -0.4 is 4.90 Å². The van der Waals surface area contributed by atoms with Gasteiger partial charge in [0.25, 0.3) is 0 Å². The van der Waals surface area contributed by atoms with Gasteiger partial charge in [0.05, 0.1) is 11.7 Å². The zero-order chi connectivity index (χ0) is 13.4. The number of carbonyl (C=O) groups excluding carboxylic acids is 1. The van der Waals surface area contributed by atoms with Crippen LogP contribution in [-0.4, -0.2) is 34.8 Å². The quantitative estimate of drug-likeness (QED) is 0.834. The lowest BCUT2D eigenvalue weighted by atomic mass is 10.2. The molecule has 3 rings (SSSR count). The summed E-state index contributed by atoms with van der Waals surface area (Å²) in [6.45, 7) is 0.946. The van der Waals surface area contributed by atoms with Crippen molar-refractivity contribution in [1.29, 1.82) is 0 Å². The highest BCUT2D eigenvalue weighted by atomic mass is 19.3. The fourth-order valence-corrected chi connectivity index (χ4v) is 2.32. The lowest BCUT2D eigenvalue weighted by Crippen LogP contribution is -2.20. The van der Waals surface area contributed by atoms with Crippen molar-refractivity contribution in [2.75, 3.05) is 18.0 Å². The number of nitrogens with zero attached hydrogens (tertiary/aromatic N) is 3. The maximum atomic E-state index is 13.2. The highest BCUT2D eigenvalue weighted by Crippen LogP contribution is 2.24. The van der Waals surface area contributed by atoms with Gasteiger partial charge < -0.3 is 4.90 Å². The number of alkyl halides is 1. The molecule has 0 saturated carbocycles. The van der Waals surface area contributed by atoms with Crippen LogP contribution in [0, 0.1) is 0 Å². The summed E-state index contributed by atoms with van der Waals surface area (Å²) < 4.78 is 26.6. The Morgan fingerprint density at radius 3 is 3.05 bits per heavy atom. The Hall–Kier alpha value is -2.18. The van der Waals surface area contributed by atoms with Gasteiger partial charge in [-0.1, -0.05) is 0 Å². The Morgan fingerprint density at radius 1 is 1.53 bits per heavy atom. The van der Waals surface area contributed by atoms with Crippen LogP contribution in [0.5, 0.6) is 0 Å². The van der Waals surface area contributed by atoms with Crippen LogP contribution in [0.3, 0.4) is 0 Å². The van der Waals surface area contributed by atoms with E-state index in [1.54, 1.807) is 18.3 Å². The minimum Gasteiger partial charge on any atom is -0.368 e. The molecule has 1 saturated heterocycles. The van der Waals surface area contributed by atoms with E-state index >= 15 is 0 Å². The Bertz CT molecular complexity index is 628. The number of anilines is 1. The van der Waals surface area contributed by atoms with Crippen molar-refractivity contribution in [2.45, 2.75) is 12.6 Å². The molecule has 19 heavy (non-hydrogen) atoms. The average Bonchev–Trinajstić information content (AvgIpc) is 3.03. The van der Waals surface area contributed by atoms with Gasteiger partial charge in [-0.3, -0.25) is 0 Å². The minimum absolute atomic E-state index is 0.0420. The van der Waals surface area contributed by atoms with Crippen molar-refractivity contribution >= 4 is 17.2 Å². The molecule has 2 aromatic rings. The van der Waals surface area contributed by atoms with Gasteiger partial charge in [0, 0.05) is 29.5 Å². The summed E-state index contributed by atoms with van der Waals surface area (Å²) in [5.41, 5.74) is 1.25. The highest BCUT2D eigenvalue weighted by molar-refractivity contribution is 5.96. The fourth-order valence-electron chi connectivity index (χ4n) is 2.32. The van der Waals surface area contributed by atoms with E-state index in [9.17, 15) is 13.7 Å². The second-order valence-corrected chi connectivity index (χ2v) is 4.47. The van der Waals surface area contributed by atoms with Gasteiger partial charge in [0.15, 0.2) is 0 Å². The number of aromatic nitrogens is 2. The first-order valence-electron chi connectivity index (χ1n) is 5.88. The molecule has 5 nitrogen and oxygen atoms in total. The van der Waals surface area contributed by atoms with Crippen molar-refractivity contribution in [3.63, 3.8) is 0 Å². The van der Waals surface area contributed by atoms with E-state index in [0.29, 0.717) is 25.0 Å². The topological polar surface area (TPSA) is 46.8 Å². The first-order valence-corrected chi connectivity index (χ1v) is 5.88. The molecule has 100 valence electrons. The smallest absolute Gasteiger partial charge is 0.368 e. The minimum atomic E-state index is -1.09. The van der Waals surface area contributed by atoms with Crippen LogP contribution in [-0.2, 0) is 4.94 Å². The number of rotatable bonds is 2. The highest BCUT2D eigenvalue weighted by Gasteiger charge is 2.23. The molecule has 0 amide bonds. The van der Waals surface area contributed by atoms with E-state index in [1.165, 1.54) is 10.7 Å². The Balaban J connectivity index is 2.01. The predicted molar refractivity (Wildman–Crippen MR) is 63.4 cm³/mol. The molecule has 1 aliphatic heterocycles. The molecular formula is C12H11F2N3O2. The monoisotopic (exact) mass is 267 g/mol. The summed E-state index contributed by atoms with van der Waals surface area (Å²) in [4.78, 5) is 16.3. The third-order valence-corrected chi connectivity index (χ3v) is 3.29. The summed E-state index contributed by atoms with van der Waals surface area (Å²) >= 11 is 0. The molecule has 0 radical (unpaired) electrons. The average molecular weight is 267 g/mol. The maximum absolute atomic E-state index is 13.2. The molecule has 3 heterocycles. The zero-order valence-corrected chi connectivity index (χ0v) is 9.92. The first-order chi connectivity index (χ1) is 9.19. The van der Waals surface area contributed by atoms with E-state index < -0.39 is 12.1 Å². The summed E-state index contributed by atoms with van der Waals surface area (Å²) in [5.74, 6) is -1.09. The van der Waals surface area contributed by atoms with Crippen LogP contribution in [0.4, 0.5) is 14.6 Å². The van der Waals surface area contributed by atoms with E-state index in [1.807, 2.05) is 4.90 Å². The molecule has 0 spiro atoms. The summed E-state index contributed by atoms with van der Waals surface area (Å²) in [7, 11) is 0. The molecule has 1 atom stereocenters. The summed E-state index contributed by atoms with van der Waals surface area (Å²) in [6.07, 6.45) is 2.54. The molecule has 1 aliphatic rings. The van der Waals surface area contributed by atoms with E-state index in [4.69, 9.17) is 0 Å². The van der Waals surface area contributed by atoms with E-state index in [-0.39, 0.29) is 5.56 Å².